The second-order valence-electron chi connectivity index (χ2n) is 15.1. The number of unbranched alkanes of at least 4 members (excludes halogenated alkanes) is 6. The fourth-order valence-electron chi connectivity index (χ4n) is 6.50. The third-order valence-corrected chi connectivity index (χ3v) is 10.6. The molecule has 0 saturated heterocycles. The van der Waals surface area contributed by atoms with Crippen LogP contribution in [-0.2, 0) is 32.0 Å². The Labute approximate surface area is 343 Å². The van der Waals surface area contributed by atoms with E-state index in [0.29, 0.717) is 41.8 Å². The maximum Gasteiger partial charge on any atom is 0.335 e. The largest absolute Gasteiger partial charge is 0.478 e. The van der Waals surface area contributed by atoms with Crippen molar-refractivity contribution in [2.24, 2.45) is 11.8 Å². The zero-order chi connectivity index (χ0) is 42.5. The molecule has 4 amide bonds. The zero-order valence-corrected chi connectivity index (χ0v) is 34.4. The molecule has 0 spiro atoms. The first kappa shape index (κ1) is 47.0. The molecule has 0 bridgehead atoms. The quantitative estimate of drug-likeness (QED) is 0.0414. The van der Waals surface area contributed by atoms with E-state index in [4.69, 9.17) is 5.11 Å². The highest BCUT2D eigenvalue weighted by Crippen LogP contribution is 2.19. The van der Waals surface area contributed by atoms with Gasteiger partial charge in [-0.25, -0.2) is 4.79 Å². The van der Waals surface area contributed by atoms with E-state index in [1.807, 2.05) is 33.8 Å². The van der Waals surface area contributed by atoms with Crippen LogP contribution in [0.4, 0.5) is 0 Å². The minimum atomic E-state index is -1.27. The van der Waals surface area contributed by atoms with Crippen LogP contribution in [0.1, 0.15) is 129 Å². The Morgan fingerprint density at radius 1 is 0.552 bits per heavy atom. The Bertz CT molecular complexity index is 1760. The van der Waals surface area contributed by atoms with Gasteiger partial charge in [0.1, 0.15) is 18.2 Å². The van der Waals surface area contributed by atoms with Gasteiger partial charge >= 0.3 is 5.97 Å². The first-order valence-corrected chi connectivity index (χ1v) is 20.7. The van der Waals surface area contributed by atoms with Gasteiger partial charge < -0.3 is 31.5 Å². The lowest BCUT2D eigenvalue weighted by molar-refractivity contribution is -0.130. The molecule has 0 aliphatic heterocycles. The van der Waals surface area contributed by atoms with Crippen LogP contribution in [0.3, 0.4) is 0 Å². The van der Waals surface area contributed by atoms with E-state index in [2.05, 4.69) is 21.3 Å². The zero-order valence-electron chi connectivity index (χ0n) is 34.4. The van der Waals surface area contributed by atoms with Gasteiger partial charge in [-0.05, 0) is 53.5 Å². The lowest BCUT2D eigenvalue weighted by Crippen LogP contribution is -2.50. The van der Waals surface area contributed by atoms with Crippen LogP contribution in [0.5, 0.6) is 0 Å². The molecule has 12 nitrogen and oxygen atoms in total. The summed E-state index contributed by atoms with van der Waals surface area (Å²) in [6, 6.07) is 20.1. The monoisotopic (exact) mass is 798 g/mol. The highest BCUT2D eigenvalue weighted by molar-refractivity contribution is 6.00. The summed E-state index contributed by atoms with van der Waals surface area (Å²) in [4.78, 5) is 75.6. The van der Waals surface area contributed by atoms with Crippen LogP contribution in [0, 0.1) is 11.8 Å². The molecule has 314 valence electrons. The van der Waals surface area contributed by atoms with Gasteiger partial charge in [0.15, 0.2) is 5.78 Å². The number of amides is 4. The molecule has 0 aliphatic carbocycles. The Hall–Kier alpha value is -5.36. The number of carboxylic acid groups (broad SMARTS) is 1. The predicted octanol–water partition coefficient (Wildman–Crippen LogP) is 6.11. The third-order valence-electron chi connectivity index (χ3n) is 10.6. The first-order valence-electron chi connectivity index (χ1n) is 20.7. The molecule has 3 aromatic rings. The second kappa shape index (κ2) is 25.1. The Balaban J connectivity index is 1.29. The van der Waals surface area contributed by atoms with Gasteiger partial charge in [0, 0.05) is 18.7 Å². The van der Waals surface area contributed by atoms with Gasteiger partial charge in [0.2, 0.25) is 23.6 Å². The number of hydrogen-bond donors (Lipinski definition) is 6. The summed E-state index contributed by atoms with van der Waals surface area (Å²) in [5.41, 5.74) is 2.36. The molecule has 0 fully saturated rings. The topological polar surface area (TPSA) is 191 Å². The molecule has 0 aliphatic rings. The van der Waals surface area contributed by atoms with Gasteiger partial charge in [-0.3, -0.25) is 24.0 Å². The number of ketones is 1. The number of Topliss-reactive ketones (excluding diaryl/α,β-unsaturated/α-hetero) is 1. The number of carboxylic acids is 1. The normalized spacial score (nSPS) is 13.6. The first-order chi connectivity index (χ1) is 27.8. The highest BCUT2D eigenvalue weighted by atomic mass is 16.4. The molecule has 0 saturated carbocycles. The third kappa shape index (κ3) is 15.9. The summed E-state index contributed by atoms with van der Waals surface area (Å²) in [7, 11) is 0. The van der Waals surface area contributed by atoms with Crippen LogP contribution < -0.4 is 21.3 Å². The molecular weight excluding hydrogens is 737 g/mol. The molecule has 0 radical (unpaired) electrons. The fraction of sp³-hybridized carbons (Fsp3) is 0.478. The van der Waals surface area contributed by atoms with Crippen molar-refractivity contribution in [3.63, 3.8) is 0 Å². The van der Waals surface area contributed by atoms with E-state index in [9.17, 15) is 33.9 Å². The number of carbonyl (C=O) groups excluding carboxylic acids is 5. The molecule has 0 heterocycles. The van der Waals surface area contributed by atoms with Crippen molar-refractivity contribution in [1.82, 2.24) is 21.3 Å². The van der Waals surface area contributed by atoms with E-state index in [1.165, 1.54) is 12.1 Å². The predicted molar refractivity (Wildman–Crippen MR) is 224 cm³/mol. The number of benzene rings is 3. The van der Waals surface area contributed by atoms with Gasteiger partial charge in [0.25, 0.3) is 0 Å². The van der Waals surface area contributed by atoms with Crippen molar-refractivity contribution in [2.75, 3.05) is 13.1 Å². The Kier molecular flexibility index (Phi) is 20.3. The summed E-state index contributed by atoms with van der Waals surface area (Å²) in [5.74, 6) is -2.57. The van der Waals surface area contributed by atoms with Crippen molar-refractivity contribution in [2.45, 2.75) is 117 Å². The molecule has 58 heavy (non-hydrogen) atoms. The number of rotatable bonds is 26. The summed E-state index contributed by atoms with van der Waals surface area (Å²) < 4.78 is 0. The van der Waals surface area contributed by atoms with Crippen molar-refractivity contribution < 1.29 is 39.0 Å². The van der Waals surface area contributed by atoms with Crippen LogP contribution in [0.15, 0.2) is 78.9 Å². The fourth-order valence-corrected chi connectivity index (χ4v) is 6.50. The van der Waals surface area contributed by atoms with Gasteiger partial charge in [-0.15, -0.1) is 0 Å². The average Bonchev–Trinajstić information content (AvgIpc) is 3.23. The molecule has 6 N–H and O–H groups in total. The maximum absolute atomic E-state index is 13.1. The summed E-state index contributed by atoms with van der Waals surface area (Å²) in [6.45, 7) is 8.85. The van der Waals surface area contributed by atoms with Gasteiger partial charge in [-0.1, -0.05) is 139 Å². The molecular formula is C46H62N4O8. The molecule has 0 aromatic heterocycles. The minimum absolute atomic E-state index is 0.0503. The summed E-state index contributed by atoms with van der Waals surface area (Å²) >= 11 is 0. The molecule has 12 heteroatoms. The number of carbonyl (C=O) groups is 6. The maximum atomic E-state index is 13.1. The van der Waals surface area contributed by atoms with Crippen LogP contribution in [0.25, 0.3) is 0 Å². The van der Waals surface area contributed by atoms with E-state index in [-0.39, 0.29) is 53.9 Å². The number of nitrogens with one attached hydrogen (secondary N) is 4. The number of aliphatic hydroxyl groups excluding tert-OH is 1. The van der Waals surface area contributed by atoms with Crippen LogP contribution in [0.2, 0.25) is 0 Å². The van der Waals surface area contributed by atoms with Crippen molar-refractivity contribution in [3.05, 3.63) is 107 Å². The smallest absolute Gasteiger partial charge is 0.335 e. The average molecular weight is 799 g/mol. The van der Waals surface area contributed by atoms with E-state index >= 15 is 0 Å². The van der Waals surface area contributed by atoms with Crippen molar-refractivity contribution in [1.29, 1.82) is 0 Å². The number of hydrogen-bond acceptors (Lipinski definition) is 7. The van der Waals surface area contributed by atoms with Gasteiger partial charge in [0.05, 0.1) is 18.4 Å². The highest BCUT2D eigenvalue weighted by Gasteiger charge is 2.27. The summed E-state index contributed by atoms with van der Waals surface area (Å²) in [6.07, 6.45) is 6.90. The molecule has 5 atom stereocenters. The molecule has 3 aromatic carbocycles. The second-order valence-corrected chi connectivity index (χ2v) is 15.1. The van der Waals surface area contributed by atoms with Crippen molar-refractivity contribution in [3.8, 4) is 0 Å². The van der Waals surface area contributed by atoms with E-state index < -0.39 is 29.9 Å². The van der Waals surface area contributed by atoms with E-state index in [1.54, 1.807) is 60.7 Å². The SMILES string of the molecule is CCC(C)[C@H](NC(=O)Cc1ccc(C(=O)O)cc1)C(=O)NCCCCCCCCCNC(=O)[C@@H](NC(=O)Cc1ccc(C(=O)C(O)c2ccccc2)cc1)C(C)CC. The number of aliphatic hydroxyl groups is 1. The number of aromatic carboxylic acids is 1. The standard InChI is InChI=1S/C46H62N4O8/c1-5-31(3)40(49-38(51)29-33-19-23-36(24-20-33)43(54)42(53)35-17-13-12-14-18-35)44(55)47-27-15-10-8-7-9-11-16-28-48-45(56)41(32(4)6-2)50-39(52)30-34-21-25-37(26-22-34)46(57)58/h12-14,17-26,31-32,40-42,53H,5-11,15-16,27-30H2,1-4H3,(H,47,55)(H,48,56)(H,49,51)(H,50,52)(H,57,58)/t31?,32?,40-,41-,42?/m0/s1. The minimum Gasteiger partial charge on any atom is -0.478 e. The van der Waals surface area contributed by atoms with E-state index in [0.717, 1.165) is 51.4 Å². The van der Waals surface area contributed by atoms with Crippen LogP contribution >= 0.6 is 0 Å². The summed E-state index contributed by atoms with van der Waals surface area (Å²) in [5, 5.41) is 31.3. The van der Waals surface area contributed by atoms with Crippen molar-refractivity contribution >= 4 is 35.4 Å². The molecule has 3 unspecified atom stereocenters. The lowest BCUT2D eigenvalue weighted by atomic mass is 9.97. The lowest BCUT2D eigenvalue weighted by Gasteiger charge is -2.23. The Morgan fingerprint density at radius 3 is 1.34 bits per heavy atom. The van der Waals surface area contributed by atoms with Gasteiger partial charge in [-0.2, -0.15) is 0 Å². The van der Waals surface area contributed by atoms with Crippen LogP contribution in [-0.4, -0.2) is 70.8 Å². The molecule has 3 rings (SSSR count). The Morgan fingerprint density at radius 2 is 0.948 bits per heavy atom.